The monoisotopic (exact) mass is 296 g/mol. The van der Waals surface area contributed by atoms with Crippen LogP contribution in [0.15, 0.2) is 24.3 Å². The van der Waals surface area contributed by atoms with Gasteiger partial charge in [0, 0.05) is 0 Å². The van der Waals surface area contributed by atoms with Crippen LogP contribution in [0.5, 0.6) is 0 Å². The third-order valence-electron chi connectivity index (χ3n) is 1.73. The second-order valence-corrected chi connectivity index (χ2v) is 6.52. The third-order valence-corrected chi connectivity index (χ3v) is 5.12. The molecule has 0 bridgehead atoms. The molecule has 1 aromatic carbocycles. The zero-order valence-electron chi connectivity index (χ0n) is 6.34. The quantitative estimate of drug-likeness (QED) is 0.601. The summed E-state index contributed by atoms with van der Waals surface area (Å²) < 4.78 is 2.62. The average Bonchev–Trinajstić information content (AvgIpc) is 2.43. The molecule has 0 saturated carbocycles. The van der Waals surface area contributed by atoms with E-state index in [9.17, 15) is 0 Å². The summed E-state index contributed by atoms with van der Waals surface area (Å²) in [4.78, 5) is 3.28. The number of aromatic nitrogens is 1. The summed E-state index contributed by atoms with van der Waals surface area (Å²) in [7, 11) is 0. The Morgan fingerprint density at radius 1 is 1.25 bits per heavy atom. The van der Waals surface area contributed by atoms with Crippen LogP contribution < -0.4 is 4.56 Å². The van der Waals surface area contributed by atoms with Crippen LogP contribution in [0.1, 0.15) is 0 Å². The number of fused-ring (bicyclic) bond motifs is 1. The molecule has 1 aromatic heterocycles. The van der Waals surface area contributed by atoms with Crippen LogP contribution >= 0.6 is 18.3 Å². The van der Waals surface area contributed by atoms with Gasteiger partial charge in [-0.2, -0.15) is 0 Å². The molecule has 1 nitrogen and oxygen atoms in total. The van der Waals surface area contributed by atoms with Gasteiger partial charge in [0.2, 0.25) is 0 Å². The molecular formula is C8H5Al2IN. The summed E-state index contributed by atoms with van der Waals surface area (Å²) >= 11 is 5.67. The predicted molar refractivity (Wildman–Crippen MR) is 62.2 cm³/mol. The van der Waals surface area contributed by atoms with E-state index in [1.165, 1.54) is 14.5 Å². The molecule has 0 aliphatic rings. The molecule has 0 saturated heterocycles. The van der Waals surface area contributed by atoms with Crippen LogP contribution in [-0.2, 0) is 0 Å². The van der Waals surface area contributed by atoms with E-state index in [1.54, 1.807) is 0 Å². The number of aromatic amines is 1. The van der Waals surface area contributed by atoms with Gasteiger partial charge in [-0.1, -0.05) is 0 Å². The Hall–Kier alpha value is 0.555. The van der Waals surface area contributed by atoms with Crippen LogP contribution in [0, 0.1) is 3.57 Å². The maximum atomic E-state index is 3.28. The van der Waals surface area contributed by atoms with Crippen molar-refractivity contribution in [1.82, 2.24) is 4.98 Å². The minimum atomic E-state index is 0.140. The van der Waals surface area contributed by atoms with Crippen molar-refractivity contribution in [3.8, 4) is 0 Å². The number of rotatable bonds is 1. The Kier molecular flexibility index (Phi) is 2.84. The molecule has 0 unspecified atom stereocenters. The summed E-state index contributed by atoms with van der Waals surface area (Å²) in [5.74, 6) is 0. The molecule has 55 valence electrons. The number of hydrogen-bond donors (Lipinski definition) is 1. The molecule has 12 heavy (non-hydrogen) atoms. The van der Waals surface area contributed by atoms with Gasteiger partial charge < -0.3 is 0 Å². The van der Waals surface area contributed by atoms with Crippen LogP contribution in [-0.4, -0.2) is 33.7 Å². The Morgan fingerprint density at radius 2 is 2.08 bits per heavy atom. The van der Waals surface area contributed by atoms with Crippen LogP contribution in [0.2, 0.25) is 0 Å². The predicted octanol–water partition coefficient (Wildman–Crippen LogP) is 1.19. The van der Waals surface area contributed by atoms with Gasteiger partial charge >= 0.3 is 95.3 Å². The molecule has 2 aromatic rings. The molecule has 1 heterocycles. The van der Waals surface area contributed by atoms with Gasteiger partial charge in [-0.3, -0.25) is 0 Å². The van der Waals surface area contributed by atoms with Gasteiger partial charge in [0.1, 0.15) is 0 Å². The van der Waals surface area contributed by atoms with Crippen molar-refractivity contribution in [3.05, 3.63) is 27.8 Å². The van der Waals surface area contributed by atoms with Crippen molar-refractivity contribution >= 4 is 62.5 Å². The van der Waals surface area contributed by atoms with E-state index in [0.29, 0.717) is 0 Å². The van der Waals surface area contributed by atoms with Crippen LogP contribution in [0.25, 0.3) is 10.9 Å². The minimum absolute atomic E-state index is 0.140. The number of nitrogens with one attached hydrogen (secondary N) is 1. The van der Waals surface area contributed by atoms with Gasteiger partial charge in [-0.15, -0.1) is 0 Å². The van der Waals surface area contributed by atoms with Crippen molar-refractivity contribution in [1.29, 1.82) is 0 Å². The van der Waals surface area contributed by atoms with E-state index in [0.717, 1.165) is 4.56 Å². The van der Waals surface area contributed by atoms with Gasteiger partial charge in [0.25, 0.3) is 0 Å². The third kappa shape index (κ3) is 1.74. The molecule has 4 heteroatoms. The van der Waals surface area contributed by atoms with E-state index in [1.807, 2.05) is 0 Å². The van der Waals surface area contributed by atoms with Gasteiger partial charge in [-0.25, -0.2) is 0 Å². The number of hydrogen-bond acceptors (Lipinski definition) is 0. The second-order valence-electron chi connectivity index (χ2n) is 2.57. The molecule has 2 rings (SSSR count). The maximum absolute atomic E-state index is 3.28. The number of H-pyrrole nitrogens is 1. The Bertz CT molecular complexity index is 436. The summed E-state index contributed by atoms with van der Waals surface area (Å²) in [5, 5.41) is 1.32. The van der Waals surface area contributed by atoms with Crippen molar-refractivity contribution in [2.24, 2.45) is 0 Å². The van der Waals surface area contributed by atoms with E-state index < -0.39 is 0 Å². The first kappa shape index (κ1) is 9.12. The molecule has 0 atom stereocenters. The zero-order chi connectivity index (χ0) is 8.55. The Labute approximate surface area is 94.4 Å². The molecule has 0 spiro atoms. The Balaban J connectivity index is 2.74. The summed E-state index contributed by atoms with van der Waals surface area (Å²) in [6.45, 7) is 0. The van der Waals surface area contributed by atoms with E-state index in [4.69, 9.17) is 0 Å². The fourth-order valence-corrected chi connectivity index (χ4v) is 3.34. The molecular weight excluding hydrogens is 291 g/mol. The Morgan fingerprint density at radius 3 is 2.83 bits per heavy atom. The van der Waals surface area contributed by atoms with Crippen molar-refractivity contribution in [2.75, 3.05) is 0 Å². The second kappa shape index (κ2) is 3.74. The fourth-order valence-electron chi connectivity index (χ4n) is 1.19. The molecule has 0 aliphatic heterocycles. The molecule has 1 N–H and O–H groups in total. The van der Waals surface area contributed by atoms with Crippen molar-refractivity contribution < 1.29 is 0 Å². The van der Waals surface area contributed by atoms with E-state index in [-0.39, 0.29) is 18.3 Å². The van der Waals surface area contributed by atoms with Crippen molar-refractivity contribution in [3.63, 3.8) is 0 Å². The molecule has 0 amide bonds. The molecule has 0 aliphatic carbocycles. The van der Waals surface area contributed by atoms with E-state index >= 15 is 0 Å². The average molecular weight is 296 g/mol. The number of benzene rings is 1. The summed E-state index contributed by atoms with van der Waals surface area (Å²) in [6, 6.07) is 8.78. The summed E-state index contributed by atoms with van der Waals surface area (Å²) in [6.07, 6.45) is 0. The van der Waals surface area contributed by atoms with Gasteiger partial charge in [0.05, 0.1) is 0 Å². The molecule has 0 fully saturated rings. The van der Waals surface area contributed by atoms with Crippen molar-refractivity contribution in [2.45, 2.75) is 0 Å². The first-order valence-electron chi connectivity index (χ1n) is 3.51. The van der Waals surface area contributed by atoms with Crippen LogP contribution in [0.4, 0.5) is 0 Å². The molecule has 3 radical (unpaired) electrons. The summed E-state index contributed by atoms with van der Waals surface area (Å²) in [5.41, 5.74) is 1.23. The van der Waals surface area contributed by atoms with E-state index in [2.05, 4.69) is 58.0 Å². The van der Waals surface area contributed by atoms with Gasteiger partial charge in [-0.05, 0) is 0 Å². The first-order valence-corrected chi connectivity index (χ1v) is 9.34. The number of halogens is 1. The topological polar surface area (TPSA) is 15.8 Å². The first-order chi connectivity index (χ1) is 5.79. The normalized spacial score (nSPS) is 10.6. The fraction of sp³-hybridized carbons (Fsp3) is 0. The van der Waals surface area contributed by atoms with Crippen LogP contribution in [0.3, 0.4) is 0 Å². The van der Waals surface area contributed by atoms with Gasteiger partial charge in [0.15, 0.2) is 0 Å². The zero-order valence-corrected chi connectivity index (χ0v) is 10.8. The SMILES string of the molecule is [Al][c]1cc2cc([I]=[Al])ccc2[nH]1. The standard InChI is InChI=1S/C8H5IN.2Al/c9-7-1-2-8-6(5-7)3-4-10-8;;/h1-3,5,10H;;.